The van der Waals surface area contributed by atoms with Crippen LogP contribution in [0.1, 0.15) is 6.42 Å². The molecular formula is C18H18N2O. The Hall–Kier alpha value is -2.55. The Balaban J connectivity index is 1.66. The van der Waals surface area contributed by atoms with Gasteiger partial charge in [0.1, 0.15) is 0 Å². The predicted molar refractivity (Wildman–Crippen MR) is 87.8 cm³/mol. The third-order valence-electron chi connectivity index (χ3n) is 3.56. The Morgan fingerprint density at radius 2 is 1.67 bits per heavy atom. The summed E-state index contributed by atoms with van der Waals surface area (Å²) < 4.78 is 2.14. The van der Waals surface area contributed by atoms with E-state index in [9.17, 15) is 4.79 Å². The van der Waals surface area contributed by atoms with Crippen LogP contribution in [0.3, 0.4) is 0 Å². The molecule has 106 valence electrons. The number of aryl methyl sites for hydroxylation is 1. The Labute approximate surface area is 123 Å². The number of para-hydroxylation sites is 2. The first-order valence-electron chi connectivity index (χ1n) is 7.22. The van der Waals surface area contributed by atoms with Gasteiger partial charge in [0.05, 0.1) is 5.52 Å². The van der Waals surface area contributed by atoms with E-state index in [4.69, 9.17) is 0 Å². The van der Waals surface area contributed by atoms with E-state index in [2.05, 4.69) is 22.0 Å². The lowest BCUT2D eigenvalue weighted by Gasteiger charge is -2.11. The second kappa shape index (κ2) is 6.27. The van der Waals surface area contributed by atoms with Gasteiger partial charge in [0.25, 0.3) is 0 Å². The second-order valence-electron chi connectivity index (χ2n) is 5.04. The number of hydrogen-bond donors (Lipinski definition) is 1. The van der Waals surface area contributed by atoms with Crippen molar-refractivity contribution in [2.45, 2.75) is 13.0 Å². The van der Waals surface area contributed by atoms with Crippen LogP contribution in [0, 0.1) is 0 Å². The van der Waals surface area contributed by atoms with Gasteiger partial charge in [0.2, 0.25) is 0 Å². The van der Waals surface area contributed by atoms with Gasteiger partial charge in [0.15, 0.2) is 5.43 Å². The van der Waals surface area contributed by atoms with Crippen molar-refractivity contribution in [3.05, 3.63) is 77.1 Å². The van der Waals surface area contributed by atoms with E-state index < -0.39 is 0 Å². The van der Waals surface area contributed by atoms with E-state index in [1.54, 1.807) is 6.07 Å². The van der Waals surface area contributed by atoms with E-state index in [0.717, 1.165) is 36.1 Å². The van der Waals surface area contributed by atoms with E-state index in [-0.39, 0.29) is 5.43 Å². The molecule has 0 aliphatic rings. The molecule has 3 heteroatoms. The van der Waals surface area contributed by atoms with E-state index in [0.29, 0.717) is 0 Å². The molecule has 0 aliphatic carbocycles. The average Bonchev–Trinajstić information content (AvgIpc) is 2.55. The molecule has 1 N–H and O–H groups in total. The number of anilines is 1. The molecule has 0 spiro atoms. The minimum atomic E-state index is 0.0873. The zero-order chi connectivity index (χ0) is 14.5. The van der Waals surface area contributed by atoms with E-state index >= 15 is 0 Å². The van der Waals surface area contributed by atoms with Gasteiger partial charge < -0.3 is 9.88 Å². The van der Waals surface area contributed by atoms with Crippen molar-refractivity contribution in [1.82, 2.24) is 4.57 Å². The molecule has 0 aliphatic heterocycles. The van der Waals surface area contributed by atoms with Crippen molar-refractivity contribution < 1.29 is 0 Å². The molecule has 0 amide bonds. The number of nitrogens with zero attached hydrogens (tertiary/aromatic N) is 1. The zero-order valence-corrected chi connectivity index (χ0v) is 11.8. The molecule has 1 aromatic heterocycles. The summed E-state index contributed by atoms with van der Waals surface area (Å²) in [5.74, 6) is 0. The van der Waals surface area contributed by atoms with Crippen molar-refractivity contribution in [3.8, 4) is 0 Å². The summed E-state index contributed by atoms with van der Waals surface area (Å²) in [5, 5.41) is 4.19. The standard InChI is InChI=1S/C18H18N2O/c21-18-11-14-20(17-10-5-4-9-16(17)18)13-6-12-19-15-7-2-1-3-8-15/h1-5,7-11,14,19H,6,12-13H2. The van der Waals surface area contributed by atoms with Crippen LogP contribution in [-0.2, 0) is 6.54 Å². The first-order valence-corrected chi connectivity index (χ1v) is 7.22. The van der Waals surface area contributed by atoms with Gasteiger partial charge in [-0.1, -0.05) is 30.3 Å². The summed E-state index contributed by atoms with van der Waals surface area (Å²) in [6.07, 6.45) is 2.88. The lowest BCUT2D eigenvalue weighted by atomic mass is 10.2. The number of rotatable bonds is 5. The number of benzene rings is 2. The third kappa shape index (κ3) is 3.14. The minimum absolute atomic E-state index is 0.0873. The van der Waals surface area contributed by atoms with Crippen LogP contribution in [0.15, 0.2) is 71.7 Å². The monoisotopic (exact) mass is 278 g/mol. The van der Waals surface area contributed by atoms with Crippen LogP contribution < -0.4 is 10.7 Å². The summed E-state index contributed by atoms with van der Waals surface area (Å²) in [7, 11) is 0. The van der Waals surface area contributed by atoms with Gasteiger partial charge in [0, 0.05) is 36.4 Å². The summed E-state index contributed by atoms with van der Waals surface area (Å²) in [5.41, 5.74) is 2.23. The zero-order valence-electron chi connectivity index (χ0n) is 11.8. The molecule has 2 aromatic carbocycles. The van der Waals surface area contributed by atoms with Gasteiger partial charge in [-0.05, 0) is 30.7 Å². The highest BCUT2D eigenvalue weighted by molar-refractivity contribution is 5.78. The molecule has 0 fully saturated rings. The highest BCUT2D eigenvalue weighted by Crippen LogP contribution is 2.10. The maximum absolute atomic E-state index is 11.8. The van der Waals surface area contributed by atoms with Gasteiger partial charge in [-0.15, -0.1) is 0 Å². The molecular weight excluding hydrogens is 260 g/mol. The first-order chi connectivity index (χ1) is 10.3. The molecule has 1 heterocycles. The minimum Gasteiger partial charge on any atom is -0.385 e. The van der Waals surface area contributed by atoms with E-state index in [1.807, 2.05) is 48.7 Å². The highest BCUT2D eigenvalue weighted by Gasteiger charge is 2.01. The molecule has 0 radical (unpaired) electrons. The van der Waals surface area contributed by atoms with Crippen molar-refractivity contribution in [3.63, 3.8) is 0 Å². The normalized spacial score (nSPS) is 10.7. The van der Waals surface area contributed by atoms with E-state index in [1.165, 1.54) is 0 Å². The molecule has 3 rings (SSSR count). The molecule has 0 unspecified atom stereocenters. The Bertz CT molecular complexity index is 778. The van der Waals surface area contributed by atoms with Crippen LogP contribution in [0.25, 0.3) is 10.9 Å². The molecule has 0 bridgehead atoms. The van der Waals surface area contributed by atoms with Crippen molar-refractivity contribution in [2.75, 3.05) is 11.9 Å². The van der Waals surface area contributed by atoms with Crippen LogP contribution in [0.4, 0.5) is 5.69 Å². The lowest BCUT2D eigenvalue weighted by Crippen LogP contribution is -2.10. The molecule has 0 saturated heterocycles. The van der Waals surface area contributed by atoms with Gasteiger partial charge in [-0.25, -0.2) is 0 Å². The molecule has 3 aromatic rings. The fourth-order valence-electron chi connectivity index (χ4n) is 2.49. The molecule has 21 heavy (non-hydrogen) atoms. The average molecular weight is 278 g/mol. The number of pyridine rings is 1. The fourth-order valence-corrected chi connectivity index (χ4v) is 2.49. The lowest BCUT2D eigenvalue weighted by molar-refractivity contribution is 0.678. The van der Waals surface area contributed by atoms with Crippen LogP contribution in [0.5, 0.6) is 0 Å². The topological polar surface area (TPSA) is 34.0 Å². The van der Waals surface area contributed by atoms with Crippen molar-refractivity contribution in [1.29, 1.82) is 0 Å². The number of fused-ring (bicyclic) bond motifs is 1. The summed E-state index contributed by atoms with van der Waals surface area (Å²) in [6, 6.07) is 19.6. The Morgan fingerprint density at radius 3 is 2.52 bits per heavy atom. The van der Waals surface area contributed by atoms with Crippen molar-refractivity contribution >= 4 is 16.6 Å². The second-order valence-corrected chi connectivity index (χ2v) is 5.04. The smallest absolute Gasteiger partial charge is 0.189 e. The van der Waals surface area contributed by atoms with Gasteiger partial charge in [-0.2, -0.15) is 0 Å². The third-order valence-corrected chi connectivity index (χ3v) is 3.56. The molecule has 3 nitrogen and oxygen atoms in total. The number of nitrogens with one attached hydrogen (secondary N) is 1. The predicted octanol–water partition coefficient (Wildman–Crippen LogP) is 3.50. The number of aromatic nitrogens is 1. The van der Waals surface area contributed by atoms with Crippen LogP contribution >= 0.6 is 0 Å². The Kier molecular flexibility index (Phi) is 4.01. The SMILES string of the molecule is O=c1ccn(CCCNc2ccccc2)c2ccccc12. The summed E-state index contributed by atoms with van der Waals surface area (Å²) in [6.45, 7) is 1.80. The van der Waals surface area contributed by atoms with Gasteiger partial charge >= 0.3 is 0 Å². The fraction of sp³-hybridized carbons (Fsp3) is 0.167. The summed E-state index contributed by atoms with van der Waals surface area (Å²) >= 11 is 0. The summed E-state index contributed by atoms with van der Waals surface area (Å²) in [4.78, 5) is 11.8. The molecule has 0 atom stereocenters. The largest absolute Gasteiger partial charge is 0.385 e. The maximum atomic E-state index is 11.8. The Morgan fingerprint density at radius 1 is 0.905 bits per heavy atom. The quantitative estimate of drug-likeness (QED) is 0.725. The van der Waals surface area contributed by atoms with Crippen LogP contribution in [0.2, 0.25) is 0 Å². The number of hydrogen-bond acceptors (Lipinski definition) is 2. The van der Waals surface area contributed by atoms with Crippen LogP contribution in [-0.4, -0.2) is 11.1 Å². The highest BCUT2D eigenvalue weighted by atomic mass is 16.1. The molecule has 0 saturated carbocycles. The van der Waals surface area contributed by atoms with Crippen molar-refractivity contribution in [2.24, 2.45) is 0 Å². The maximum Gasteiger partial charge on any atom is 0.189 e. The van der Waals surface area contributed by atoms with Gasteiger partial charge in [-0.3, -0.25) is 4.79 Å². The first kappa shape index (κ1) is 13.4.